The molecule has 0 spiro atoms. The number of aryl methyl sites for hydroxylation is 3. The van der Waals surface area contributed by atoms with Gasteiger partial charge in [0.05, 0.1) is 11.4 Å². The van der Waals surface area contributed by atoms with Crippen molar-refractivity contribution in [3.05, 3.63) is 10.5 Å². The Morgan fingerprint density at radius 1 is 1.37 bits per heavy atom. The molecule has 0 saturated carbocycles. The molecule has 0 unspecified atom stereocenters. The molecule has 0 amide bonds. The quantitative estimate of drug-likeness (QED) is 0.848. The second-order valence-corrected chi connectivity index (χ2v) is 7.30. The van der Waals surface area contributed by atoms with E-state index < -0.39 is 9.84 Å². The van der Waals surface area contributed by atoms with Gasteiger partial charge in [-0.05, 0) is 18.6 Å². The highest BCUT2D eigenvalue weighted by Crippen LogP contribution is 2.18. The maximum absolute atomic E-state index is 11.6. The monoisotopic (exact) mass is 302 g/mol. The van der Waals surface area contributed by atoms with Crippen molar-refractivity contribution in [3.8, 4) is 0 Å². The highest BCUT2D eigenvalue weighted by molar-refractivity contribution is 7.91. The van der Waals surface area contributed by atoms with Gasteiger partial charge in [-0.3, -0.25) is 4.68 Å². The third-order valence-electron chi connectivity index (χ3n) is 3.22. The Hall–Kier alpha value is -1.15. The van der Waals surface area contributed by atoms with Gasteiger partial charge in [0.15, 0.2) is 20.3 Å². The summed E-state index contributed by atoms with van der Waals surface area (Å²) in [4.78, 5) is 3.12. The smallest absolute Gasteiger partial charge is 0.179 e. The van der Waals surface area contributed by atoms with Crippen molar-refractivity contribution < 1.29 is 8.42 Å². The van der Waals surface area contributed by atoms with Crippen molar-refractivity contribution in [2.24, 2.45) is 7.05 Å². The number of imidazole rings is 1. The third kappa shape index (κ3) is 2.59. The molecule has 8 heteroatoms. The minimum atomic E-state index is -3.00. The average Bonchev–Trinajstić information content (AvgIpc) is 2.84. The summed E-state index contributed by atoms with van der Waals surface area (Å²) in [6.07, 6.45) is 0.805. The number of hydrogen-bond acceptors (Lipinski definition) is 4. The average molecular weight is 302 g/mol. The van der Waals surface area contributed by atoms with Crippen LogP contribution in [0.3, 0.4) is 0 Å². The summed E-state index contributed by atoms with van der Waals surface area (Å²) in [5, 5.41) is 4.40. The minimum Gasteiger partial charge on any atom is -0.328 e. The van der Waals surface area contributed by atoms with Crippen LogP contribution in [0, 0.1) is 4.77 Å². The fourth-order valence-electron chi connectivity index (χ4n) is 2.11. The van der Waals surface area contributed by atoms with E-state index in [-0.39, 0.29) is 11.5 Å². The second kappa shape index (κ2) is 5.09. The van der Waals surface area contributed by atoms with Crippen LogP contribution in [0.1, 0.15) is 19.5 Å². The summed E-state index contributed by atoms with van der Waals surface area (Å²) < 4.78 is 27.3. The summed E-state index contributed by atoms with van der Waals surface area (Å²) >= 11 is 5.27. The van der Waals surface area contributed by atoms with Crippen molar-refractivity contribution in [2.45, 2.75) is 26.8 Å². The number of rotatable bonds is 5. The maximum atomic E-state index is 11.6. The Morgan fingerprint density at radius 2 is 2.05 bits per heavy atom. The summed E-state index contributed by atoms with van der Waals surface area (Å²) in [6.45, 7) is 4.04. The van der Waals surface area contributed by atoms with Crippen LogP contribution in [0.15, 0.2) is 0 Å². The van der Waals surface area contributed by atoms with Crippen molar-refractivity contribution in [1.82, 2.24) is 19.3 Å². The van der Waals surface area contributed by atoms with Crippen LogP contribution < -0.4 is 0 Å². The molecule has 0 bridgehead atoms. The number of aromatic nitrogens is 4. The molecule has 106 valence electrons. The van der Waals surface area contributed by atoms with Gasteiger partial charge in [-0.1, -0.05) is 13.8 Å². The van der Waals surface area contributed by atoms with Crippen LogP contribution in [-0.2, 0) is 29.9 Å². The Bertz CT molecular complexity index is 752. The van der Waals surface area contributed by atoms with E-state index in [2.05, 4.69) is 10.1 Å². The zero-order valence-corrected chi connectivity index (χ0v) is 12.9. The van der Waals surface area contributed by atoms with Crippen LogP contribution in [0.2, 0.25) is 0 Å². The van der Waals surface area contributed by atoms with Gasteiger partial charge in [0.25, 0.3) is 0 Å². The van der Waals surface area contributed by atoms with Crippen molar-refractivity contribution in [3.63, 3.8) is 0 Å². The molecule has 0 aliphatic rings. The summed E-state index contributed by atoms with van der Waals surface area (Å²) in [7, 11) is -1.16. The molecule has 0 atom stereocenters. The first-order valence-corrected chi connectivity index (χ1v) is 8.47. The molecule has 0 fully saturated rings. The first-order valence-electron chi connectivity index (χ1n) is 6.24. The number of fused-ring (bicyclic) bond motifs is 1. The van der Waals surface area contributed by atoms with Gasteiger partial charge in [-0.25, -0.2) is 8.42 Å². The summed E-state index contributed by atoms with van der Waals surface area (Å²) in [5.74, 6) is 0.247. The van der Waals surface area contributed by atoms with Gasteiger partial charge >= 0.3 is 0 Å². The lowest BCUT2D eigenvalue weighted by Gasteiger charge is -2.04. The lowest BCUT2D eigenvalue weighted by Crippen LogP contribution is -2.15. The third-order valence-corrected chi connectivity index (χ3v) is 5.23. The molecule has 19 heavy (non-hydrogen) atoms. The van der Waals surface area contributed by atoms with E-state index in [1.807, 2.05) is 18.5 Å². The normalized spacial score (nSPS) is 12.4. The number of sulfone groups is 1. The van der Waals surface area contributed by atoms with Crippen molar-refractivity contribution >= 4 is 33.2 Å². The van der Waals surface area contributed by atoms with Crippen LogP contribution in [-0.4, -0.2) is 39.3 Å². The summed E-state index contributed by atoms with van der Waals surface area (Å²) in [6, 6.07) is 0. The first-order chi connectivity index (χ1) is 8.89. The molecule has 2 aromatic rings. The molecule has 2 rings (SSSR count). The molecular formula is C11H18N4O2S2. The molecule has 6 nitrogen and oxygen atoms in total. The van der Waals surface area contributed by atoms with Gasteiger partial charge in [-0.15, -0.1) is 0 Å². The van der Waals surface area contributed by atoms with Crippen molar-refractivity contribution in [2.75, 3.05) is 11.5 Å². The molecular weight excluding hydrogens is 284 g/mol. The van der Waals surface area contributed by atoms with Crippen molar-refractivity contribution in [1.29, 1.82) is 0 Å². The predicted octanol–water partition coefficient (Wildman–Crippen LogP) is 1.43. The second-order valence-electron chi connectivity index (χ2n) is 4.44. The Balaban J connectivity index is 2.46. The molecule has 2 aromatic heterocycles. The first kappa shape index (κ1) is 14.3. The van der Waals surface area contributed by atoms with Gasteiger partial charge in [-0.2, -0.15) is 5.10 Å². The topological polar surface area (TPSA) is 72.7 Å². The largest absolute Gasteiger partial charge is 0.328 e. The number of nitrogens with zero attached hydrogens (tertiary/aromatic N) is 3. The Labute approximate surface area is 117 Å². The van der Waals surface area contributed by atoms with E-state index in [1.54, 1.807) is 11.6 Å². The lowest BCUT2D eigenvalue weighted by atomic mass is 10.3. The number of H-pyrrole nitrogens is 1. The zero-order valence-electron chi connectivity index (χ0n) is 11.3. The van der Waals surface area contributed by atoms with Crippen LogP contribution >= 0.6 is 12.2 Å². The molecule has 0 aliphatic heterocycles. The van der Waals surface area contributed by atoms with Crippen LogP contribution in [0.25, 0.3) is 11.2 Å². The van der Waals surface area contributed by atoms with E-state index in [9.17, 15) is 8.42 Å². The van der Waals surface area contributed by atoms with Gasteiger partial charge in [0, 0.05) is 19.3 Å². The number of nitrogens with one attached hydrogen (secondary N) is 1. The molecule has 0 aliphatic carbocycles. The van der Waals surface area contributed by atoms with Gasteiger partial charge in [0.1, 0.15) is 5.52 Å². The number of aromatic amines is 1. The molecule has 0 radical (unpaired) electrons. The molecule has 2 heterocycles. The molecule has 1 N–H and O–H groups in total. The highest BCUT2D eigenvalue weighted by Gasteiger charge is 2.16. The van der Waals surface area contributed by atoms with E-state index >= 15 is 0 Å². The zero-order chi connectivity index (χ0) is 14.2. The fraction of sp³-hybridized carbons (Fsp3) is 0.636. The standard InChI is InChI=1S/C11H18N4O2S2/c1-4-8-9-10(14(3)13-8)15(11(18)12-9)6-7-19(16,17)5-2/h4-7H2,1-3H3,(H,12,18). The predicted molar refractivity (Wildman–Crippen MR) is 77.6 cm³/mol. The van der Waals surface area contributed by atoms with Crippen LogP contribution in [0.5, 0.6) is 0 Å². The van der Waals surface area contributed by atoms with E-state index in [0.717, 1.165) is 23.3 Å². The maximum Gasteiger partial charge on any atom is 0.179 e. The van der Waals surface area contributed by atoms with Crippen LogP contribution in [0.4, 0.5) is 0 Å². The number of hydrogen-bond donors (Lipinski definition) is 1. The Morgan fingerprint density at radius 3 is 2.63 bits per heavy atom. The minimum absolute atomic E-state index is 0.0946. The fourth-order valence-corrected chi connectivity index (χ4v) is 3.14. The lowest BCUT2D eigenvalue weighted by molar-refractivity contribution is 0.589. The van der Waals surface area contributed by atoms with Gasteiger partial charge < -0.3 is 9.55 Å². The molecule has 0 saturated heterocycles. The van der Waals surface area contributed by atoms with E-state index in [1.165, 1.54) is 0 Å². The molecule has 0 aromatic carbocycles. The van der Waals surface area contributed by atoms with E-state index in [0.29, 0.717) is 11.3 Å². The van der Waals surface area contributed by atoms with E-state index in [4.69, 9.17) is 12.2 Å². The SMILES string of the molecule is CCc1nn(C)c2c1[nH]c(=S)n2CCS(=O)(=O)CC. The summed E-state index contributed by atoms with van der Waals surface area (Å²) in [5.41, 5.74) is 2.71. The highest BCUT2D eigenvalue weighted by atomic mass is 32.2. The Kier molecular flexibility index (Phi) is 3.82. The van der Waals surface area contributed by atoms with Gasteiger partial charge in [0.2, 0.25) is 0 Å².